The minimum absolute atomic E-state index is 1.16. The van der Waals surface area contributed by atoms with Gasteiger partial charge in [-0.25, -0.2) is 0 Å². The first-order chi connectivity index (χ1) is 12.3. The van der Waals surface area contributed by atoms with Crippen molar-refractivity contribution in [3.05, 3.63) is 71.8 Å². The zero-order valence-electron chi connectivity index (χ0n) is 16.3. The van der Waals surface area contributed by atoms with Crippen LogP contribution >= 0.6 is 0 Å². The summed E-state index contributed by atoms with van der Waals surface area (Å²) in [6.45, 7) is 9.51. The van der Waals surface area contributed by atoms with Gasteiger partial charge in [0.2, 0.25) is 0 Å². The van der Waals surface area contributed by atoms with Crippen LogP contribution in [-0.4, -0.2) is 17.6 Å². The van der Waals surface area contributed by atoms with E-state index in [1.165, 1.54) is 67.2 Å². The predicted molar refractivity (Wildman–Crippen MR) is 109 cm³/mol. The molecule has 0 spiro atoms. The second-order valence-electron chi connectivity index (χ2n) is 7.49. The first-order valence-electron chi connectivity index (χ1n) is 10.2. The maximum Gasteiger partial charge on any atom is 0.105 e. The number of hydrogen-bond acceptors (Lipinski definition) is 0. The molecule has 0 fully saturated rings. The molecule has 2 aromatic rings. The maximum atomic E-state index is 2.31. The highest BCUT2D eigenvalue weighted by molar-refractivity contribution is 5.15. The van der Waals surface area contributed by atoms with Gasteiger partial charge in [0.15, 0.2) is 0 Å². The number of quaternary nitrogens is 1. The van der Waals surface area contributed by atoms with E-state index in [-0.39, 0.29) is 0 Å². The van der Waals surface area contributed by atoms with E-state index in [4.69, 9.17) is 0 Å². The third-order valence-electron chi connectivity index (χ3n) is 5.19. The highest BCUT2D eigenvalue weighted by Gasteiger charge is 2.27. The molecule has 0 aliphatic rings. The Balaban J connectivity index is 2.22. The zero-order chi connectivity index (χ0) is 17.8. The van der Waals surface area contributed by atoms with Crippen LogP contribution in [0.2, 0.25) is 0 Å². The maximum absolute atomic E-state index is 2.31. The molecule has 0 aliphatic carbocycles. The number of hydrogen-bond donors (Lipinski definition) is 0. The number of benzene rings is 2. The van der Waals surface area contributed by atoms with E-state index < -0.39 is 0 Å². The molecular formula is C24H36N+. The van der Waals surface area contributed by atoms with Crippen LogP contribution in [0.4, 0.5) is 0 Å². The molecule has 25 heavy (non-hydrogen) atoms. The Bertz CT molecular complexity index is 508. The lowest BCUT2D eigenvalue weighted by Gasteiger charge is -2.39. The third-order valence-corrected chi connectivity index (χ3v) is 5.19. The topological polar surface area (TPSA) is 0 Å². The van der Waals surface area contributed by atoms with Gasteiger partial charge in [-0.1, -0.05) is 87.4 Å². The van der Waals surface area contributed by atoms with E-state index in [9.17, 15) is 0 Å². The van der Waals surface area contributed by atoms with Gasteiger partial charge in [0.1, 0.15) is 13.1 Å². The van der Waals surface area contributed by atoms with E-state index in [0.29, 0.717) is 0 Å². The Kier molecular flexibility index (Phi) is 8.76. The van der Waals surface area contributed by atoms with Gasteiger partial charge in [-0.15, -0.1) is 0 Å². The minimum atomic E-state index is 1.16. The van der Waals surface area contributed by atoms with Crippen molar-refractivity contribution in [2.24, 2.45) is 0 Å². The van der Waals surface area contributed by atoms with Crippen molar-refractivity contribution in [2.45, 2.75) is 65.5 Å². The fourth-order valence-electron chi connectivity index (χ4n) is 3.82. The van der Waals surface area contributed by atoms with E-state index in [1.54, 1.807) is 0 Å². The predicted octanol–water partition coefficient (Wildman–Crippen LogP) is 6.58. The lowest BCUT2D eigenvalue weighted by atomic mass is 10.1. The average molecular weight is 339 g/mol. The summed E-state index contributed by atoms with van der Waals surface area (Å²) in [6.07, 6.45) is 7.95. The Morgan fingerprint density at radius 2 is 0.960 bits per heavy atom. The molecule has 0 aliphatic heterocycles. The van der Waals surface area contributed by atoms with Gasteiger partial charge in [-0.3, -0.25) is 0 Å². The third kappa shape index (κ3) is 7.04. The summed E-state index contributed by atoms with van der Waals surface area (Å²) >= 11 is 0. The molecule has 0 heterocycles. The van der Waals surface area contributed by atoms with Crippen molar-refractivity contribution in [2.75, 3.05) is 13.1 Å². The molecule has 0 N–H and O–H groups in total. The fourth-order valence-corrected chi connectivity index (χ4v) is 3.82. The molecular weight excluding hydrogens is 302 g/mol. The molecule has 0 aromatic heterocycles. The van der Waals surface area contributed by atoms with Crippen LogP contribution in [0.3, 0.4) is 0 Å². The Labute approximate surface area is 155 Å². The van der Waals surface area contributed by atoms with E-state index >= 15 is 0 Å². The number of nitrogens with zero attached hydrogens (tertiary/aromatic N) is 1. The van der Waals surface area contributed by atoms with Gasteiger partial charge in [-0.05, 0) is 25.7 Å². The summed E-state index contributed by atoms with van der Waals surface area (Å²) in [6, 6.07) is 22.2. The summed E-state index contributed by atoms with van der Waals surface area (Å²) < 4.78 is 1.20. The molecule has 2 aromatic carbocycles. The monoisotopic (exact) mass is 338 g/mol. The lowest BCUT2D eigenvalue weighted by Crippen LogP contribution is -2.48. The van der Waals surface area contributed by atoms with Gasteiger partial charge in [-0.2, -0.15) is 0 Å². The van der Waals surface area contributed by atoms with Crippen LogP contribution in [0.5, 0.6) is 0 Å². The SMILES string of the molecule is CCCCC[N+](CCCCC)(Cc1ccccc1)Cc1ccccc1. The molecule has 0 saturated heterocycles. The van der Waals surface area contributed by atoms with Crippen molar-refractivity contribution < 1.29 is 4.48 Å². The van der Waals surface area contributed by atoms with Crippen LogP contribution in [0.25, 0.3) is 0 Å². The van der Waals surface area contributed by atoms with Gasteiger partial charge >= 0.3 is 0 Å². The Morgan fingerprint density at radius 3 is 1.32 bits per heavy atom. The van der Waals surface area contributed by atoms with Crippen molar-refractivity contribution >= 4 is 0 Å². The quantitative estimate of drug-likeness (QED) is 0.303. The molecule has 0 unspecified atom stereocenters. The standard InChI is InChI=1S/C24H36N/c1-3-5-13-19-25(20-14-6-4-2,21-23-15-9-7-10-16-23)22-24-17-11-8-12-18-24/h7-12,15-18H,3-6,13-14,19-22H2,1-2H3/q+1. The largest absolute Gasteiger partial charge is 0.316 e. The van der Waals surface area contributed by atoms with Crippen LogP contribution in [0, 0.1) is 0 Å². The van der Waals surface area contributed by atoms with E-state index in [0.717, 1.165) is 13.1 Å². The smallest absolute Gasteiger partial charge is 0.105 e. The molecule has 0 amide bonds. The summed E-state index contributed by atoms with van der Waals surface area (Å²) in [5, 5.41) is 0. The van der Waals surface area contributed by atoms with Gasteiger partial charge in [0.25, 0.3) is 0 Å². The van der Waals surface area contributed by atoms with Crippen molar-refractivity contribution in [3.63, 3.8) is 0 Å². The second kappa shape index (κ2) is 11.1. The van der Waals surface area contributed by atoms with E-state index in [1.807, 2.05) is 0 Å². The first kappa shape index (κ1) is 19.7. The molecule has 136 valence electrons. The lowest BCUT2D eigenvalue weighted by molar-refractivity contribution is -0.954. The molecule has 0 bridgehead atoms. The Hall–Kier alpha value is -1.60. The highest BCUT2D eigenvalue weighted by Crippen LogP contribution is 2.23. The fraction of sp³-hybridized carbons (Fsp3) is 0.500. The van der Waals surface area contributed by atoms with Gasteiger partial charge in [0, 0.05) is 11.1 Å². The highest BCUT2D eigenvalue weighted by atomic mass is 15.3. The van der Waals surface area contributed by atoms with Crippen LogP contribution in [-0.2, 0) is 13.1 Å². The Morgan fingerprint density at radius 1 is 0.560 bits per heavy atom. The minimum Gasteiger partial charge on any atom is -0.316 e. The van der Waals surface area contributed by atoms with Gasteiger partial charge in [0.05, 0.1) is 13.1 Å². The molecule has 0 saturated carbocycles. The van der Waals surface area contributed by atoms with Crippen LogP contribution < -0.4 is 0 Å². The summed E-state index contributed by atoms with van der Waals surface area (Å²) in [4.78, 5) is 0. The molecule has 0 radical (unpaired) electrons. The first-order valence-corrected chi connectivity index (χ1v) is 10.2. The average Bonchev–Trinajstić information content (AvgIpc) is 2.64. The van der Waals surface area contributed by atoms with Crippen LogP contribution in [0.1, 0.15) is 63.5 Å². The summed E-state index contributed by atoms with van der Waals surface area (Å²) in [5.41, 5.74) is 2.96. The van der Waals surface area contributed by atoms with Gasteiger partial charge < -0.3 is 4.48 Å². The van der Waals surface area contributed by atoms with Crippen molar-refractivity contribution in [1.82, 2.24) is 0 Å². The molecule has 0 atom stereocenters. The second-order valence-corrected chi connectivity index (χ2v) is 7.49. The number of unbranched alkanes of at least 4 members (excludes halogenated alkanes) is 4. The molecule has 1 nitrogen and oxygen atoms in total. The normalized spacial score (nSPS) is 11.6. The van der Waals surface area contributed by atoms with Crippen molar-refractivity contribution in [3.8, 4) is 0 Å². The van der Waals surface area contributed by atoms with Crippen LogP contribution in [0.15, 0.2) is 60.7 Å². The molecule has 1 heteroatoms. The molecule has 2 rings (SSSR count). The summed E-state index contributed by atoms with van der Waals surface area (Å²) in [7, 11) is 0. The number of rotatable bonds is 12. The van der Waals surface area contributed by atoms with E-state index in [2.05, 4.69) is 74.5 Å². The summed E-state index contributed by atoms with van der Waals surface area (Å²) in [5.74, 6) is 0. The zero-order valence-corrected chi connectivity index (χ0v) is 16.3. The van der Waals surface area contributed by atoms with Crippen molar-refractivity contribution in [1.29, 1.82) is 0 Å².